The standard InChI is InChI=1S/C17H19BrClN/c1-3-10-20-17(15-6-4-5-7-16(15)19)14-9-8-13(18)11-12(14)2/h4-9,11,17,20H,3,10H2,1-2H3. The first-order chi connectivity index (χ1) is 9.63. The summed E-state index contributed by atoms with van der Waals surface area (Å²) in [5.74, 6) is 0. The van der Waals surface area contributed by atoms with E-state index in [0.717, 1.165) is 28.0 Å². The van der Waals surface area contributed by atoms with E-state index in [1.807, 2.05) is 18.2 Å². The predicted molar refractivity (Wildman–Crippen MR) is 90.5 cm³/mol. The lowest BCUT2D eigenvalue weighted by Crippen LogP contribution is -2.24. The van der Waals surface area contributed by atoms with Gasteiger partial charge in [-0.15, -0.1) is 0 Å². The lowest BCUT2D eigenvalue weighted by molar-refractivity contribution is 0.596. The van der Waals surface area contributed by atoms with Crippen molar-refractivity contribution in [2.24, 2.45) is 0 Å². The molecule has 0 aromatic heterocycles. The Labute approximate surface area is 134 Å². The summed E-state index contributed by atoms with van der Waals surface area (Å²) in [5.41, 5.74) is 3.66. The maximum Gasteiger partial charge on any atom is 0.0594 e. The average Bonchev–Trinajstić information content (AvgIpc) is 2.42. The molecule has 3 heteroatoms. The molecular weight excluding hydrogens is 334 g/mol. The molecular formula is C17H19BrClN. The molecule has 0 saturated heterocycles. The molecule has 1 N–H and O–H groups in total. The monoisotopic (exact) mass is 351 g/mol. The number of aryl methyl sites for hydroxylation is 1. The minimum absolute atomic E-state index is 0.136. The van der Waals surface area contributed by atoms with E-state index in [0.29, 0.717) is 0 Å². The van der Waals surface area contributed by atoms with Crippen molar-refractivity contribution < 1.29 is 0 Å². The Morgan fingerprint density at radius 2 is 1.90 bits per heavy atom. The second-order valence-corrected chi connectivity index (χ2v) is 6.23. The van der Waals surface area contributed by atoms with Crippen molar-refractivity contribution >= 4 is 27.5 Å². The summed E-state index contributed by atoms with van der Waals surface area (Å²) in [5, 5.41) is 4.41. The van der Waals surface area contributed by atoms with Gasteiger partial charge in [0.25, 0.3) is 0 Å². The molecule has 0 aliphatic carbocycles. The fourth-order valence-electron chi connectivity index (χ4n) is 2.35. The van der Waals surface area contributed by atoms with Gasteiger partial charge in [-0.1, -0.05) is 58.7 Å². The van der Waals surface area contributed by atoms with E-state index in [1.165, 1.54) is 11.1 Å². The molecule has 0 amide bonds. The van der Waals surface area contributed by atoms with Crippen LogP contribution in [0.1, 0.15) is 36.1 Å². The van der Waals surface area contributed by atoms with Crippen LogP contribution in [-0.4, -0.2) is 6.54 Å². The van der Waals surface area contributed by atoms with Crippen molar-refractivity contribution in [3.63, 3.8) is 0 Å². The summed E-state index contributed by atoms with van der Waals surface area (Å²) in [6, 6.07) is 14.6. The number of hydrogen-bond acceptors (Lipinski definition) is 1. The van der Waals surface area contributed by atoms with Crippen LogP contribution in [0, 0.1) is 6.92 Å². The topological polar surface area (TPSA) is 12.0 Å². The van der Waals surface area contributed by atoms with Crippen molar-refractivity contribution in [1.29, 1.82) is 0 Å². The third-order valence-corrected chi connectivity index (χ3v) is 4.19. The molecule has 1 unspecified atom stereocenters. The molecule has 2 rings (SSSR count). The first-order valence-corrected chi connectivity index (χ1v) is 8.04. The van der Waals surface area contributed by atoms with Gasteiger partial charge in [-0.05, 0) is 54.8 Å². The van der Waals surface area contributed by atoms with Crippen LogP contribution in [0.15, 0.2) is 46.9 Å². The molecule has 0 saturated carbocycles. The quantitative estimate of drug-likeness (QED) is 0.749. The van der Waals surface area contributed by atoms with Crippen LogP contribution in [0.5, 0.6) is 0 Å². The summed E-state index contributed by atoms with van der Waals surface area (Å²) in [6.07, 6.45) is 1.09. The van der Waals surface area contributed by atoms with E-state index < -0.39 is 0 Å². The summed E-state index contributed by atoms with van der Waals surface area (Å²) < 4.78 is 1.10. The van der Waals surface area contributed by atoms with E-state index in [9.17, 15) is 0 Å². The van der Waals surface area contributed by atoms with E-state index in [-0.39, 0.29) is 6.04 Å². The Bertz CT molecular complexity index is 583. The predicted octanol–water partition coefficient (Wildman–Crippen LogP) is 5.50. The highest BCUT2D eigenvalue weighted by Gasteiger charge is 2.17. The highest BCUT2D eigenvalue weighted by Crippen LogP contribution is 2.31. The zero-order valence-corrected chi connectivity index (χ0v) is 14.1. The number of rotatable bonds is 5. The van der Waals surface area contributed by atoms with Crippen LogP contribution in [0.25, 0.3) is 0 Å². The minimum atomic E-state index is 0.136. The largest absolute Gasteiger partial charge is 0.306 e. The van der Waals surface area contributed by atoms with Crippen molar-refractivity contribution in [2.75, 3.05) is 6.54 Å². The van der Waals surface area contributed by atoms with Gasteiger partial charge in [0.05, 0.1) is 6.04 Å². The third-order valence-electron chi connectivity index (χ3n) is 3.36. The second kappa shape index (κ2) is 7.26. The van der Waals surface area contributed by atoms with Gasteiger partial charge >= 0.3 is 0 Å². The van der Waals surface area contributed by atoms with Crippen molar-refractivity contribution in [3.05, 3.63) is 68.7 Å². The van der Waals surface area contributed by atoms with E-state index in [2.05, 4.69) is 59.4 Å². The maximum atomic E-state index is 6.38. The molecule has 0 aliphatic rings. The summed E-state index contributed by atoms with van der Waals surface area (Å²) >= 11 is 9.90. The lowest BCUT2D eigenvalue weighted by atomic mass is 9.95. The zero-order chi connectivity index (χ0) is 14.5. The minimum Gasteiger partial charge on any atom is -0.306 e. The summed E-state index contributed by atoms with van der Waals surface area (Å²) in [7, 11) is 0. The molecule has 0 bridgehead atoms. The molecule has 2 aromatic rings. The number of nitrogens with one attached hydrogen (secondary N) is 1. The van der Waals surface area contributed by atoms with E-state index in [1.54, 1.807) is 0 Å². The SMILES string of the molecule is CCCNC(c1ccc(Br)cc1C)c1ccccc1Cl. The maximum absolute atomic E-state index is 6.38. The summed E-state index contributed by atoms with van der Waals surface area (Å²) in [6.45, 7) is 5.27. The normalized spacial score (nSPS) is 12.4. The lowest BCUT2D eigenvalue weighted by Gasteiger charge is -2.22. The molecule has 106 valence electrons. The summed E-state index contributed by atoms with van der Waals surface area (Å²) in [4.78, 5) is 0. The van der Waals surface area contributed by atoms with Crippen LogP contribution in [0.2, 0.25) is 5.02 Å². The number of benzene rings is 2. The van der Waals surface area contributed by atoms with E-state index >= 15 is 0 Å². The fourth-order valence-corrected chi connectivity index (χ4v) is 3.07. The Hall–Kier alpha value is -0.830. The molecule has 0 heterocycles. The fraction of sp³-hybridized carbons (Fsp3) is 0.294. The molecule has 1 atom stereocenters. The second-order valence-electron chi connectivity index (χ2n) is 4.91. The van der Waals surface area contributed by atoms with E-state index in [4.69, 9.17) is 11.6 Å². The average molecular weight is 353 g/mol. The molecule has 0 fully saturated rings. The molecule has 2 aromatic carbocycles. The molecule has 0 aliphatic heterocycles. The molecule has 1 nitrogen and oxygen atoms in total. The Morgan fingerprint density at radius 1 is 1.15 bits per heavy atom. The van der Waals surface area contributed by atoms with Gasteiger partial charge in [-0.2, -0.15) is 0 Å². The number of halogens is 2. The third kappa shape index (κ3) is 3.63. The number of hydrogen-bond donors (Lipinski definition) is 1. The molecule has 20 heavy (non-hydrogen) atoms. The van der Waals surface area contributed by atoms with Crippen LogP contribution >= 0.6 is 27.5 Å². The highest BCUT2D eigenvalue weighted by molar-refractivity contribution is 9.10. The first kappa shape index (κ1) is 15.6. The van der Waals surface area contributed by atoms with Gasteiger partial charge in [0.1, 0.15) is 0 Å². The molecule has 0 spiro atoms. The first-order valence-electron chi connectivity index (χ1n) is 6.87. The van der Waals surface area contributed by atoms with Crippen molar-refractivity contribution in [1.82, 2.24) is 5.32 Å². The smallest absolute Gasteiger partial charge is 0.0594 e. The van der Waals surface area contributed by atoms with Gasteiger partial charge in [-0.25, -0.2) is 0 Å². The van der Waals surface area contributed by atoms with Gasteiger partial charge < -0.3 is 5.32 Å². The molecule has 0 radical (unpaired) electrons. The van der Waals surface area contributed by atoms with Crippen LogP contribution in [-0.2, 0) is 0 Å². The van der Waals surface area contributed by atoms with Crippen LogP contribution in [0.3, 0.4) is 0 Å². The van der Waals surface area contributed by atoms with Gasteiger partial charge in [-0.3, -0.25) is 0 Å². The van der Waals surface area contributed by atoms with Gasteiger partial charge in [0.2, 0.25) is 0 Å². The Balaban J connectivity index is 2.44. The van der Waals surface area contributed by atoms with Crippen molar-refractivity contribution in [2.45, 2.75) is 26.3 Å². The Kier molecular flexibility index (Phi) is 5.64. The Morgan fingerprint density at radius 3 is 2.55 bits per heavy atom. The van der Waals surface area contributed by atoms with Crippen LogP contribution in [0.4, 0.5) is 0 Å². The van der Waals surface area contributed by atoms with Gasteiger partial charge in [0, 0.05) is 9.50 Å². The van der Waals surface area contributed by atoms with Crippen molar-refractivity contribution in [3.8, 4) is 0 Å². The highest BCUT2D eigenvalue weighted by atomic mass is 79.9. The van der Waals surface area contributed by atoms with Gasteiger partial charge in [0.15, 0.2) is 0 Å². The zero-order valence-electron chi connectivity index (χ0n) is 11.8. The van der Waals surface area contributed by atoms with Crippen LogP contribution < -0.4 is 5.32 Å².